The maximum Gasteiger partial charge on any atom is 0.338 e. The van der Waals surface area contributed by atoms with Crippen LogP contribution in [0.3, 0.4) is 0 Å². The lowest BCUT2D eigenvalue weighted by atomic mass is 10.2. The SMILES string of the molecule is Cc1ccnn1-c1ccc(C(=O)OCC(=O)NC(=O)NCc2cccs2)cc1. The third-order valence-corrected chi connectivity index (χ3v) is 4.65. The molecule has 3 amide bonds. The molecule has 28 heavy (non-hydrogen) atoms. The molecule has 0 radical (unpaired) electrons. The van der Waals surface area contributed by atoms with Crippen molar-refractivity contribution in [2.24, 2.45) is 0 Å². The molecule has 0 aliphatic carbocycles. The maximum absolute atomic E-state index is 12.1. The summed E-state index contributed by atoms with van der Waals surface area (Å²) in [6.45, 7) is 1.69. The van der Waals surface area contributed by atoms with Crippen LogP contribution in [0, 0.1) is 6.92 Å². The minimum atomic E-state index is -0.708. The van der Waals surface area contributed by atoms with Crippen molar-refractivity contribution in [3.63, 3.8) is 0 Å². The Hall–Kier alpha value is -3.46. The first kappa shape index (κ1) is 19.3. The van der Waals surface area contributed by atoms with Gasteiger partial charge in [-0.2, -0.15) is 5.10 Å². The summed E-state index contributed by atoms with van der Waals surface area (Å²) in [6, 6.07) is 11.6. The molecule has 0 aliphatic rings. The minimum Gasteiger partial charge on any atom is -0.452 e. The van der Waals surface area contributed by atoms with Gasteiger partial charge in [0.1, 0.15) is 0 Å². The zero-order chi connectivity index (χ0) is 19.9. The summed E-state index contributed by atoms with van der Waals surface area (Å²) in [7, 11) is 0. The summed E-state index contributed by atoms with van der Waals surface area (Å²) < 4.78 is 6.68. The van der Waals surface area contributed by atoms with E-state index in [4.69, 9.17) is 4.74 Å². The number of amides is 3. The van der Waals surface area contributed by atoms with Crippen LogP contribution in [0.5, 0.6) is 0 Å². The van der Waals surface area contributed by atoms with Crippen molar-refractivity contribution >= 4 is 29.2 Å². The number of ether oxygens (including phenoxy) is 1. The number of benzene rings is 1. The summed E-state index contributed by atoms with van der Waals surface area (Å²) in [5, 5.41) is 10.7. The molecule has 0 fully saturated rings. The third kappa shape index (κ3) is 5.04. The maximum atomic E-state index is 12.1. The van der Waals surface area contributed by atoms with E-state index in [1.807, 2.05) is 30.5 Å². The fourth-order valence-electron chi connectivity index (χ4n) is 2.38. The van der Waals surface area contributed by atoms with Crippen LogP contribution in [0.25, 0.3) is 5.69 Å². The predicted octanol–water partition coefficient (Wildman–Crippen LogP) is 2.43. The van der Waals surface area contributed by atoms with Gasteiger partial charge in [0.2, 0.25) is 0 Å². The second kappa shape index (κ2) is 8.96. The number of hydrogen-bond donors (Lipinski definition) is 2. The van der Waals surface area contributed by atoms with E-state index in [1.54, 1.807) is 35.1 Å². The topological polar surface area (TPSA) is 102 Å². The Morgan fingerprint density at radius 1 is 1.14 bits per heavy atom. The molecule has 0 saturated carbocycles. The van der Waals surface area contributed by atoms with Crippen molar-refractivity contribution in [3.8, 4) is 5.69 Å². The van der Waals surface area contributed by atoms with Crippen molar-refractivity contribution in [2.75, 3.05) is 6.61 Å². The Morgan fingerprint density at radius 3 is 2.57 bits per heavy atom. The van der Waals surface area contributed by atoms with Gasteiger partial charge in [-0.15, -0.1) is 11.3 Å². The van der Waals surface area contributed by atoms with Gasteiger partial charge in [-0.05, 0) is 48.7 Å². The number of urea groups is 1. The number of aryl methyl sites for hydroxylation is 1. The van der Waals surface area contributed by atoms with Crippen molar-refractivity contribution in [2.45, 2.75) is 13.5 Å². The molecule has 3 rings (SSSR count). The molecule has 2 aromatic heterocycles. The predicted molar refractivity (Wildman–Crippen MR) is 103 cm³/mol. The highest BCUT2D eigenvalue weighted by Gasteiger charge is 2.13. The summed E-state index contributed by atoms with van der Waals surface area (Å²) in [4.78, 5) is 36.4. The first-order chi connectivity index (χ1) is 13.5. The van der Waals surface area contributed by atoms with Crippen LogP contribution >= 0.6 is 11.3 Å². The molecule has 0 aliphatic heterocycles. The average molecular weight is 398 g/mol. The average Bonchev–Trinajstić information content (AvgIpc) is 3.36. The number of aromatic nitrogens is 2. The summed E-state index contributed by atoms with van der Waals surface area (Å²) in [5.74, 6) is -1.36. The van der Waals surface area contributed by atoms with E-state index in [0.29, 0.717) is 12.1 Å². The molecule has 0 saturated heterocycles. The summed E-state index contributed by atoms with van der Waals surface area (Å²) in [6.07, 6.45) is 1.69. The molecule has 9 heteroatoms. The molecule has 8 nitrogen and oxygen atoms in total. The lowest BCUT2D eigenvalue weighted by molar-refractivity contribution is -0.123. The van der Waals surface area contributed by atoms with Crippen molar-refractivity contribution in [3.05, 3.63) is 70.2 Å². The second-order valence-corrected chi connectivity index (χ2v) is 6.85. The van der Waals surface area contributed by atoms with Gasteiger partial charge in [0, 0.05) is 16.8 Å². The standard InChI is InChI=1S/C19H18N4O4S/c1-13-8-9-21-23(13)15-6-4-14(5-7-15)18(25)27-12-17(24)22-19(26)20-11-16-3-2-10-28-16/h2-10H,11-12H2,1H3,(H2,20,22,24,26). The normalized spacial score (nSPS) is 10.3. The molecule has 0 atom stereocenters. The van der Waals surface area contributed by atoms with Crippen molar-refractivity contribution in [1.82, 2.24) is 20.4 Å². The minimum absolute atomic E-state index is 0.295. The molecule has 0 bridgehead atoms. The van der Waals surface area contributed by atoms with Gasteiger partial charge >= 0.3 is 12.0 Å². The van der Waals surface area contributed by atoms with Gasteiger partial charge in [-0.25, -0.2) is 14.3 Å². The highest BCUT2D eigenvalue weighted by atomic mass is 32.1. The molecular formula is C19H18N4O4S. The van der Waals surface area contributed by atoms with E-state index in [0.717, 1.165) is 16.3 Å². The van der Waals surface area contributed by atoms with Crippen molar-refractivity contribution < 1.29 is 19.1 Å². The van der Waals surface area contributed by atoms with E-state index in [9.17, 15) is 14.4 Å². The zero-order valence-corrected chi connectivity index (χ0v) is 15.9. The van der Waals surface area contributed by atoms with Gasteiger partial charge in [-0.1, -0.05) is 6.07 Å². The van der Waals surface area contributed by atoms with Gasteiger partial charge in [-0.3, -0.25) is 10.1 Å². The number of carbonyl (C=O) groups excluding carboxylic acids is 3. The summed E-state index contributed by atoms with van der Waals surface area (Å²) in [5.41, 5.74) is 2.06. The lowest BCUT2D eigenvalue weighted by Crippen LogP contribution is -2.41. The number of carbonyl (C=O) groups is 3. The lowest BCUT2D eigenvalue weighted by Gasteiger charge is -2.08. The third-order valence-electron chi connectivity index (χ3n) is 3.77. The van der Waals surface area contributed by atoms with Crippen LogP contribution in [0.4, 0.5) is 4.79 Å². The number of rotatable bonds is 6. The Kier molecular flexibility index (Phi) is 6.18. The van der Waals surface area contributed by atoms with Gasteiger partial charge in [0.05, 0.1) is 17.8 Å². The Labute approximate surface area is 165 Å². The molecule has 144 valence electrons. The van der Waals surface area contributed by atoms with E-state index in [2.05, 4.69) is 15.7 Å². The fraction of sp³-hybridized carbons (Fsp3) is 0.158. The highest BCUT2D eigenvalue weighted by Crippen LogP contribution is 2.12. The molecule has 1 aromatic carbocycles. The number of esters is 1. The monoisotopic (exact) mass is 398 g/mol. The van der Waals surface area contributed by atoms with Crippen LogP contribution in [-0.2, 0) is 16.1 Å². The van der Waals surface area contributed by atoms with E-state index in [-0.39, 0.29) is 0 Å². The highest BCUT2D eigenvalue weighted by molar-refractivity contribution is 7.09. The molecule has 0 unspecified atom stereocenters. The van der Waals surface area contributed by atoms with Crippen LogP contribution in [0.15, 0.2) is 54.0 Å². The number of thiophene rings is 1. The number of imide groups is 1. The quantitative estimate of drug-likeness (QED) is 0.621. The zero-order valence-electron chi connectivity index (χ0n) is 15.0. The van der Waals surface area contributed by atoms with Gasteiger partial charge < -0.3 is 10.1 Å². The van der Waals surface area contributed by atoms with E-state index < -0.39 is 24.5 Å². The number of hydrogen-bond acceptors (Lipinski definition) is 6. The van der Waals surface area contributed by atoms with Crippen LogP contribution in [0.1, 0.15) is 20.9 Å². The largest absolute Gasteiger partial charge is 0.452 e. The Morgan fingerprint density at radius 2 is 1.93 bits per heavy atom. The molecule has 2 N–H and O–H groups in total. The van der Waals surface area contributed by atoms with Crippen molar-refractivity contribution in [1.29, 1.82) is 0 Å². The Bertz CT molecular complexity index is 964. The number of nitrogens with zero attached hydrogens (tertiary/aromatic N) is 2. The molecule has 0 spiro atoms. The number of nitrogens with one attached hydrogen (secondary N) is 2. The second-order valence-electron chi connectivity index (χ2n) is 5.82. The first-order valence-electron chi connectivity index (χ1n) is 8.41. The van der Waals surface area contributed by atoms with E-state index >= 15 is 0 Å². The van der Waals surface area contributed by atoms with Gasteiger partial charge in [0.15, 0.2) is 6.61 Å². The van der Waals surface area contributed by atoms with Crippen LogP contribution in [-0.4, -0.2) is 34.3 Å². The van der Waals surface area contributed by atoms with Gasteiger partial charge in [0.25, 0.3) is 5.91 Å². The van der Waals surface area contributed by atoms with Crippen LogP contribution in [0.2, 0.25) is 0 Å². The molecule has 2 heterocycles. The van der Waals surface area contributed by atoms with Crippen LogP contribution < -0.4 is 10.6 Å². The molecular weight excluding hydrogens is 380 g/mol. The summed E-state index contributed by atoms with van der Waals surface area (Å²) >= 11 is 1.49. The molecule has 3 aromatic rings. The fourth-order valence-corrected chi connectivity index (χ4v) is 3.03. The first-order valence-corrected chi connectivity index (χ1v) is 9.29. The van der Waals surface area contributed by atoms with E-state index in [1.165, 1.54) is 11.3 Å². The smallest absolute Gasteiger partial charge is 0.338 e. The Balaban J connectivity index is 1.45.